The average Bonchev–Trinajstić information content (AvgIpc) is 3.39. The Labute approximate surface area is 157 Å². The summed E-state index contributed by atoms with van der Waals surface area (Å²) in [6, 6.07) is 19.1. The summed E-state index contributed by atoms with van der Waals surface area (Å²) in [6.07, 6.45) is 1.63. The molecule has 4 rings (SSSR count). The van der Waals surface area contributed by atoms with E-state index in [-0.39, 0.29) is 25.3 Å². The van der Waals surface area contributed by atoms with Crippen molar-refractivity contribution in [3.05, 3.63) is 83.8 Å². The summed E-state index contributed by atoms with van der Waals surface area (Å²) in [5.74, 6) is 2.11. The number of fused-ring (bicyclic) bond motifs is 1. The molecule has 6 heteroatoms. The van der Waals surface area contributed by atoms with Crippen LogP contribution in [-0.2, 0) is 11.3 Å². The van der Waals surface area contributed by atoms with Gasteiger partial charge in [0.25, 0.3) is 0 Å². The van der Waals surface area contributed by atoms with Crippen LogP contribution in [0.3, 0.4) is 0 Å². The van der Waals surface area contributed by atoms with Crippen LogP contribution in [0.15, 0.2) is 71.3 Å². The summed E-state index contributed by atoms with van der Waals surface area (Å²) in [7, 11) is 0. The first-order chi connectivity index (χ1) is 13.3. The molecule has 1 aliphatic heterocycles. The second-order valence-electron chi connectivity index (χ2n) is 6.20. The number of nitrogens with one attached hydrogen (secondary N) is 2. The predicted octanol–water partition coefficient (Wildman–Crippen LogP) is 3.00. The molecule has 2 aromatic carbocycles. The van der Waals surface area contributed by atoms with Gasteiger partial charge in [0, 0.05) is 6.54 Å². The molecule has 6 nitrogen and oxygen atoms in total. The summed E-state index contributed by atoms with van der Waals surface area (Å²) in [4.78, 5) is 12.3. The van der Waals surface area contributed by atoms with E-state index < -0.39 is 0 Å². The molecule has 0 bridgehead atoms. The SMILES string of the molecule is O=C(CN[C@H](c1ccccc1)c1ccco1)NCc1ccc2c(c1)OCO2. The van der Waals surface area contributed by atoms with Crippen LogP contribution in [0.2, 0.25) is 0 Å². The third kappa shape index (κ3) is 4.12. The van der Waals surface area contributed by atoms with Crippen LogP contribution in [0.4, 0.5) is 0 Å². The number of rotatable bonds is 7. The minimum Gasteiger partial charge on any atom is -0.467 e. The molecule has 0 fully saturated rings. The lowest BCUT2D eigenvalue weighted by Gasteiger charge is -2.17. The molecule has 1 aliphatic rings. The van der Waals surface area contributed by atoms with E-state index in [2.05, 4.69) is 10.6 Å². The van der Waals surface area contributed by atoms with E-state index in [1.54, 1.807) is 6.26 Å². The second kappa shape index (κ2) is 7.97. The highest BCUT2D eigenvalue weighted by Gasteiger charge is 2.18. The van der Waals surface area contributed by atoms with Gasteiger partial charge in [-0.2, -0.15) is 0 Å². The molecule has 138 valence electrons. The van der Waals surface area contributed by atoms with Crippen LogP contribution in [0.1, 0.15) is 22.9 Å². The maximum Gasteiger partial charge on any atom is 0.234 e. The quantitative estimate of drug-likeness (QED) is 0.674. The number of hydrogen-bond donors (Lipinski definition) is 2. The molecule has 1 aromatic heterocycles. The van der Waals surface area contributed by atoms with E-state index in [0.29, 0.717) is 12.3 Å². The van der Waals surface area contributed by atoms with Gasteiger partial charge >= 0.3 is 0 Å². The van der Waals surface area contributed by atoms with Crippen molar-refractivity contribution in [1.29, 1.82) is 0 Å². The molecule has 0 saturated heterocycles. The van der Waals surface area contributed by atoms with Crippen LogP contribution >= 0.6 is 0 Å². The smallest absolute Gasteiger partial charge is 0.234 e. The largest absolute Gasteiger partial charge is 0.467 e. The standard InChI is InChI=1S/C21H20N2O4/c24-20(22-12-15-8-9-17-19(11-15)27-14-26-17)13-23-21(18-7-4-10-25-18)16-5-2-1-3-6-16/h1-11,21,23H,12-14H2,(H,22,24)/t21-/m1/s1. The van der Waals surface area contributed by atoms with Gasteiger partial charge in [-0.05, 0) is 35.4 Å². The molecular formula is C21H20N2O4. The van der Waals surface area contributed by atoms with E-state index in [1.165, 1.54) is 0 Å². The van der Waals surface area contributed by atoms with Gasteiger partial charge in [-0.1, -0.05) is 36.4 Å². The molecule has 2 heterocycles. The van der Waals surface area contributed by atoms with Gasteiger partial charge in [0.2, 0.25) is 12.7 Å². The molecule has 0 spiro atoms. The highest BCUT2D eigenvalue weighted by Crippen LogP contribution is 2.32. The molecule has 0 aliphatic carbocycles. The Balaban J connectivity index is 1.34. The molecule has 2 N–H and O–H groups in total. The van der Waals surface area contributed by atoms with E-state index in [0.717, 1.165) is 22.6 Å². The lowest BCUT2D eigenvalue weighted by Crippen LogP contribution is -2.35. The maximum atomic E-state index is 12.3. The number of furan rings is 1. The van der Waals surface area contributed by atoms with Gasteiger partial charge in [0.05, 0.1) is 18.8 Å². The van der Waals surface area contributed by atoms with E-state index in [4.69, 9.17) is 13.9 Å². The fourth-order valence-electron chi connectivity index (χ4n) is 2.99. The van der Waals surface area contributed by atoms with Crippen molar-refractivity contribution < 1.29 is 18.7 Å². The Morgan fingerprint density at radius 3 is 2.67 bits per heavy atom. The summed E-state index contributed by atoms with van der Waals surface area (Å²) >= 11 is 0. The van der Waals surface area contributed by atoms with Crippen LogP contribution < -0.4 is 20.1 Å². The minimum atomic E-state index is -0.183. The lowest BCUT2D eigenvalue weighted by atomic mass is 10.0. The highest BCUT2D eigenvalue weighted by atomic mass is 16.7. The van der Waals surface area contributed by atoms with Gasteiger partial charge in [0.15, 0.2) is 11.5 Å². The van der Waals surface area contributed by atoms with E-state index >= 15 is 0 Å². The van der Waals surface area contributed by atoms with Crippen molar-refractivity contribution in [3.63, 3.8) is 0 Å². The summed E-state index contributed by atoms with van der Waals surface area (Å²) in [5, 5.41) is 6.18. The summed E-state index contributed by atoms with van der Waals surface area (Å²) in [6.45, 7) is 0.835. The Hall–Kier alpha value is -3.25. The number of benzene rings is 2. The number of carbonyl (C=O) groups excluding carboxylic acids is 1. The fourth-order valence-corrected chi connectivity index (χ4v) is 2.99. The Morgan fingerprint density at radius 1 is 1.00 bits per heavy atom. The molecule has 0 saturated carbocycles. The number of ether oxygens (including phenoxy) is 2. The first kappa shape index (κ1) is 17.2. The summed E-state index contributed by atoms with van der Waals surface area (Å²) < 4.78 is 16.2. The second-order valence-corrected chi connectivity index (χ2v) is 6.20. The molecule has 1 atom stereocenters. The molecule has 0 unspecified atom stereocenters. The van der Waals surface area contributed by atoms with Crippen LogP contribution in [-0.4, -0.2) is 19.2 Å². The molecule has 0 radical (unpaired) electrons. The molecule has 3 aromatic rings. The first-order valence-electron chi connectivity index (χ1n) is 8.76. The normalized spacial score (nSPS) is 13.3. The molecule has 1 amide bonds. The number of carbonyl (C=O) groups is 1. The number of amides is 1. The molecule has 27 heavy (non-hydrogen) atoms. The van der Waals surface area contributed by atoms with Crippen molar-refractivity contribution in [2.45, 2.75) is 12.6 Å². The highest BCUT2D eigenvalue weighted by molar-refractivity contribution is 5.78. The van der Waals surface area contributed by atoms with E-state index in [1.807, 2.05) is 60.7 Å². The minimum absolute atomic E-state index is 0.0971. The van der Waals surface area contributed by atoms with Crippen molar-refractivity contribution in [2.24, 2.45) is 0 Å². The Kier molecular flexibility index (Phi) is 5.07. The van der Waals surface area contributed by atoms with Crippen LogP contribution in [0.5, 0.6) is 11.5 Å². The average molecular weight is 364 g/mol. The zero-order valence-electron chi connectivity index (χ0n) is 14.7. The van der Waals surface area contributed by atoms with Crippen molar-refractivity contribution >= 4 is 5.91 Å². The van der Waals surface area contributed by atoms with Gasteiger partial charge in [-0.25, -0.2) is 0 Å². The van der Waals surface area contributed by atoms with Crippen molar-refractivity contribution in [3.8, 4) is 11.5 Å². The molecular weight excluding hydrogens is 344 g/mol. The van der Waals surface area contributed by atoms with E-state index in [9.17, 15) is 4.79 Å². The Bertz CT molecular complexity index is 894. The zero-order valence-corrected chi connectivity index (χ0v) is 14.7. The van der Waals surface area contributed by atoms with Crippen molar-refractivity contribution in [1.82, 2.24) is 10.6 Å². The van der Waals surface area contributed by atoms with Gasteiger partial charge < -0.3 is 19.2 Å². The van der Waals surface area contributed by atoms with Gasteiger partial charge in [-0.15, -0.1) is 0 Å². The summed E-state index contributed by atoms with van der Waals surface area (Å²) in [5.41, 5.74) is 1.99. The van der Waals surface area contributed by atoms with Crippen LogP contribution in [0.25, 0.3) is 0 Å². The lowest BCUT2D eigenvalue weighted by molar-refractivity contribution is -0.120. The third-order valence-electron chi connectivity index (χ3n) is 4.35. The zero-order chi connectivity index (χ0) is 18.5. The monoisotopic (exact) mass is 364 g/mol. The van der Waals surface area contributed by atoms with Crippen LogP contribution in [0, 0.1) is 0 Å². The first-order valence-corrected chi connectivity index (χ1v) is 8.76. The van der Waals surface area contributed by atoms with Gasteiger partial charge in [0.1, 0.15) is 5.76 Å². The maximum absolute atomic E-state index is 12.3. The number of hydrogen-bond acceptors (Lipinski definition) is 5. The predicted molar refractivity (Wildman–Crippen MR) is 99.4 cm³/mol. The fraction of sp³-hybridized carbons (Fsp3) is 0.190. The van der Waals surface area contributed by atoms with Gasteiger partial charge in [-0.3, -0.25) is 10.1 Å². The Morgan fingerprint density at radius 2 is 1.85 bits per heavy atom. The van der Waals surface area contributed by atoms with Crippen molar-refractivity contribution in [2.75, 3.05) is 13.3 Å². The topological polar surface area (TPSA) is 72.7 Å². The third-order valence-corrected chi connectivity index (χ3v) is 4.35.